The van der Waals surface area contributed by atoms with Gasteiger partial charge in [-0.25, -0.2) is 0 Å². The Morgan fingerprint density at radius 1 is 0.812 bits per heavy atom. The summed E-state index contributed by atoms with van der Waals surface area (Å²) < 4.78 is 0. The Bertz CT molecular complexity index is 486. The van der Waals surface area contributed by atoms with Gasteiger partial charge in [-0.3, -0.25) is 0 Å². The summed E-state index contributed by atoms with van der Waals surface area (Å²) in [7, 11) is 0. The predicted octanol–water partition coefficient (Wildman–Crippen LogP) is 1.98. The number of nitrogen functional groups attached to an aromatic ring is 1. The number of anilines is 1. The van der Waals surface area contributed by atoms with E-state index in [1.165, 1.54) is 0 Å². The minimum absolute atomic E-state index is 0.730. The lowest BCUT2D eigenvalue weighted by Gasteiger charge is -2.05. The van der Waals surface area contributed by atoms with Crippen LogP contribution in [0.3, 0.4) is 0 Å². The van der Waals surface area contributed by atoms with Crippen molar-refractivity contribution in [1.82, 2.24) is 0 Å². The van der Waals surface area contributed by atoms with Crippen LogP contribution >= 0.6 is 0 Å². The molecule has 0 aromatic heterocycles. The lowest BCUT2D eigenvalue weighted by atomic mass is 10.0. The van der Waals surface area contributed by atoms with Gasteiger partial charge in [-0.1, -0.05) is 42.5 Å². The Hall–Kier alpha value is -2.29. The van der Waals surface area contributed by atoms with Crippen LogP contribution < -0.4 is 11.6 Å². The molecule has 2 rings (SSSR count). The van der Waals surface area contributed by atoms with E-state index in [0.717, 1.165) is 22.5 Å². The maximum Gasteiger partial charge on any atom is 0.0971 e. The average molecular weight is 211 g/mol. The third-order valence-electron chi connectivity index (χ3n) is 2.36. The van der Waals surface area contributed by atoms with Crippen LogP contribution in [-0.4, -0.2) is 5.71 Å². The molecule has 16 heavy (non-hydrogen) atoms. The van der Waals surface area contributed by atoms with Crippen molar-refractivity contribution in [3.63, 3.8) is 0 Å². The van der Waals surface area contributed by atoms with Gasteiger partial charge in [0.25, 0.3) is 0 Å². The van der Waals surface area contributed by atoms with Crippen molar-refractivity contribution in [2.45, 2.75) is 0 Å². The highest BCUT2D eigenvalue weighted by molar-refractivity contribution is 6.12. The van der Waals surface area contributed by atoms with E-state index in [4.69, 9.17) is 11.6 Å². The Labute approximate surface area is 94.4 Å². The molecular formula is C13H13N3. The standard InChI is InChI=1S/C13H13N3/c14-12-8-6-11(7-9-12)13(16-15)10-4-2-1-3-5-10/h1-9H,14-15H2. The molecule has 0 radical (unpaired) electrons. The maximum atomic E-state index is 5.64. The predicted molar refractivity (Wildman–Crippen MR) is 67.1 cm³/mol. The van der Waals surface area contributed by atoms with Crippen molar-refractivity contribution in [1.29, 1.82) is 0 Å². The molecule has 2 aromatic carbocycles. The molecule has 0 saturated carbocycles. The first kappa shape index (κ1) is 10.2. The molecule has 3 nitrogen and oxygen atoms in total. The Kier molecular flexibility index (Phi) is 2.87. The first-order valence-corrected chi connectivity index (χ1v) is 5.00. The highest BCUT2D eigenvalue weighted by atomic mass is 15.1. The lowest BCUT2D eigenvalue weighted by molar-refractivity contribution is 1.24. The highest BCUT2D eigenvalue weighted by Crippen LogP contribution is 2.12. The summed E-state index contributed by atoms with van der Waals surface area (Å²) in [6.45, 7) is 0. The smallest absolute Gasteiger partial charge is 0.0971 e. The van der Waals surface area contributed by atoms with Crippen molar-refractivity contribution >= 4 is 11.4 Å². The molecule has 0 heterocycles. The zero-order valence-corrected chi connectivity index (χ0v) is 8.80. The van der Waals surface area contributed by atoms with Gasteiger partial charge >= 0.3 is 0 Å². The number of rotatable bonds is 2. The minimum Gasteiger partial charge on any atom is -0.399 e. The van der Waals surface area contributed by atoms with Gasteiger partial charge in [0.2, 0.25) is 0 Å². The molecule has 0 bridgehead atoms. The number of nitrogens with zero attached hydrogens (tertiary/aromatic N) is 1. The highest BCUT2D eigenvalue weighted by Gasteiger charge is 2.05. The van der Waals surface area contributed by atoms with Crippen LogP contribution in [0.25, 0.3) is 0 Å². The van der Waals surface area contributed by atoms with Gasteiger partial charge in [-0.05, 0) is 12.1 Å². The molecule has 0 aliphatic heterocycles. The van der Waals surface area contributed by atoms with E-state index >= 15 is 0 Å². The fraction of sp³-hybridized carbons (Fsp3) is 0. The van der Waals surface area contributed by atoms with E-state index < -0.39 is 0 Å². The molecule has 0 saturated heterocycles. The second-order valence-corrected chi connectivity index (χ2v) is 3.47. The second kappa shape index (κ2) is 4.49. The Balaban J connectivity index is 2.42. The second-order valence-electron chi connectivity index (χ2n) is 3.47. The molecule has 0 atom stereocenters. The van der Waals surface area contributed by atoms with Crippen molar-refractivity contribution < 1.29 is 0 Å². The van der Waals surface area contributed by atoms with E-state index in [1.807, 2.05) is 54.6 Å². The third kappa shape index (κ3) is 2.03. The van der Waals surface area contributed by atoms with Crippen LogP contribution in [0.4, 0.5) is 5.69 Å². The Morgan fingerprint density at radius 2 is 1.38 bits per heavy atom. The van der Waals surface area contributed by atoms with Crippen LogP contribution in [0.2, 0.25) is 0 Å². The van der Waals surface area contributed by atoms with Gasteiger partial charge in [0.05, 0.1) is 5.71 Å². The summed E-state index contributed by atoms with van der Waals surface area (Å²) in [5.41, 5.74) is 9.09. The summed E-state index contributed by atoms with van der Waals surface area (Å²) in [6, 6.07) is 17.3. The number of nitrogens with two attached hydrogens (primary N) is 2. The molecule has 3 heteroatoms. The minimum atomic E-state index is 0.730. The SMILES string of the molecule is NN=C(c1ccccc1)c1ccc(N)cc1. The first-order valence-electron chi connectivity index (χ1n) is 5.00. The van der Waals surface area contributed by atoms with Gasteiger partial charge in [0.1, 0.15) is 0 Å². The number of hydrazone groups is 1. The average Bonchev–Trinajstić information content (AvgIpc) is 2.34. The number of hydrogen-bond acceptors (Lipinski definition) is 3. The zero-order chi connectivity index (χ0) is 11.4. The summed E-state index contributed by atoms with van der Waals surface area (Å²) in [5, 5.41) is 3.83. The van der Waals surface area contributed by atoms with E-state index in [9.17, 15) is 0 Å². The molecule has 0 spiro atoms. The van der Waals surface area contributed by atoms with E-state index in [2.05, 4.69) is 5.10 Å². The fourth-order valence-electron chi connectivity index (χ4n) is 1.55. The first-order chi connectivity index (χ1) is 7.81. The largest absolute Gasteiger partial charge is 0.399 e. The van der Waals surface area contributed by atoms with E-state index in [1.54, 1.807) is 0 Å². The number of hydrogen-bond donors (Lipinski definition) is 2. The van der Waals surface area contributed by atoms with E-state index in [0.29, 0.717) is 0 Å². The third-order valence-corrected chi connectivity index (χ3v) is 2.36. The van der Waals surface area contributed by atoms with Crippen LogP contribution in [0.1, 0.15) is 11.1 Å². The summed E-state index contributed by atoms with van der Waals surface area (Å²) in [5.74, 6) is 5.43. The molecule has 0 aliphatic rings. The Morgan fingerprint density at radius 3 is 1.94 bits per heavy atom. The summed E-state index contributed by atoms with van der Waals surface area (Å²) in [6.07, 6.45) is 0. The number of benzene rings is 2. The molecule has 80 valence electrons. The monoisotopic (exact) mass is 211 g/mol. The summed E-state index contributed by atoms with van der Waals surface area (Å²) >= 11 is 0. The molecule has 2 aromatic rings. The van der Waals surface area contributed by atoms with Gasteiger partial charge in [-0.15, -0.1) is 0 Å². The van der Waals surface area contributed by atoms with Crippen LogP contribution in [0.5, 0.6) is 0 Å². The topological polar surface area (TPSA) is 64.4 Å². The van der Waals surface area contributed by atoms with Gasteiger partial charge in [0.15, 0.2) is 0 Å². The molecule has 0 fully saturated rings. The van der Waals surface area contributed by atoms with E-state index in [-0.39, 0.29) is 0 Å². The fourth-order valence-corrected chi connectivity index (χ4v) is 1.55. The van der Waals surface area contributed by atoms with Crippen molar-refractivity contribution in [2.24, 2.45) is 10.9 Å². The van der Waals surface area contributed by atoms with Gasteiger partial charge in [-0.2, -0.15) is 5.10 Å². The molecule has 0 unspecified atom stereocenters. The molecular weight excluding hydrogens is 198 g/mol. The van der Waals surface area contributed by atoms with Crippen LogP contribution in [-0.2, 0) is 0 Å². The quantitative estimate of drug-likeness (QED) is 0.345. The van der Waals surface area contributed by atoms with Gasteiger partial charge in [0, 0.05) is 16.8 Å². The molecule has 0 amide bonds. The summed E-state index contributed by atoms with van der Waals surface area (Å²) in [4.78, 5) is 0. The van der Waals surface area contributed by atoms with Crippen molar-refractivity contribution in [2.75, 3.05) is 5.73 Å². The van der Waals surface area contributed by atoms with Crippen molar-refractivity contribution in [3.8, 4) is 0 Å². The normalized spacial score (nSPS) is 11.4. The lowest BCUT2D eigenvalue weighted by Crippen LogP contribution is -2.06. The molecule has 4 N–H and O–H groups in total. The van der Waals surface area contributed by atoms with Gasteiger partial charge < -0.3 is 11.6 Å². The van der Waals surface area contributed by atoms with Crippen LogP contribution in [0, 0.1) is 0 Å². The van der Waals surface area contributed by atoms with Crippen molar-refractivity contribution in [3.05, 3.63) is 65.7 Å². The molecule has 0 aliphatic carbocycles. The maximum absolute atomic E-state index is 5.64. The zero-order valence-electron chi connectivity index (χ0n) is 8.80. The van der Waals surface area contributed by atoms with Crippen LogP contribution in [0.15, 0.2) is 59.7 Å².